The minimum atomic E-state index is -0.258. The van der Waals surface area contributed by atoms with E-state index in [1.807, 2.05) is 32.9 Å². The van der Waals surface area contributed by atoms with Crippen LogP contribution in [0.2, 0.25) is 0 Å². The van der Waals surface area contributed by atoms with E-state index < -0.39 is 0 Å². The van der Waals surface area contributed by atoms with Gasteiger partial charge in [0.25, 0.3) is 5.56 Å². The molecule has 172 valence electrons. The van der Waals surface area contributed by atoms with Crippen molar-refractivity contribution in [1.29, 1.82) is 0 Å². The summed E-state index contributed by atoms with van der Waals surface area (Å²) < 4.78 is 13.1. The van der Waals surface area contributed by atoms with Crippen LogP contribution in [0.3, 0.4) is 0 Å². The quantitative estimate of drug-likeness (QED) is 0.422. The van der Waals surface area contributed by atoms with Crippen molar-refractivity contribution in [2.24, 2.45) is 0 Å². The lowest BCUT2D eigenvalue weighted by Crippen LogP contribution is -2.35. The number of thioether (sulfide) groups is 1. The Bertz CT molecular complexity index is 1220. The van der Waals surface area contributed by atoms with E-state index in [9.17, 15) is 14.0 Å². The maximum atomic E-state index is 13.1. The molecule has 6 nitrogen and oxygen atoms in total. The summed E-state index contributed by atoms with van der Waals surface area (Å²) >= 11 is 1.23. The van der Waals surface area contributed by atoms with Crippen LogP contribution in [0.15, 0.2) is 46.3 Å². The van der Waals surface area contributed by atoms with Crippen molar-refractivity contribution >= 4 is 23.4 Å². The van der Waals surface area contributed by atoms with Gasteiger partial charge in [-0.2, -0.15) is 0 Å². The molecular weight excluding hydrogens is 439 g/mol. The lowest BCUT2D eigenvalue weighted by molar-refractivity contribution is -0.113. The first-order valence-electron chi connectivity index (χ1n) is 10.9. The highest BCUT2D eigenvalue weighted by Crippen LogP contribution is 2.23. The van der Waals surface area contributed by atoms with Gasteiger partial charge in [-0.25, -0.2) is 9.37 Å². The minimum Gasteiger partial charge on any atom is -0.325 e. The van der Waals surface area contributed by atoms with Gasteiger partial charge in [-0.3, -0.25) is 14.5 Å². The minimum absolute atomic E-state index is 0.138. The fourth-order valence-electron chi connectivity index (χ4n) is 4.20. The first-order chi connectivity index (χ1) is 15.8. The lowest BCUT2D eigenvalue weighted by Gasteiger charge is -2.27. The molecular formula is C25H27FN4O2S. The fourth-order valence-corrected chi connectivity index (χ4v) is 4.88. The summed E-state index contributed by atoms with van der Waals surface area (Å²) in [6.07, 6.45) is 0.655. The second-order valence-corrected chi connectivity index (χ2v) is 9.46. The summed E-state index contributed by atoms with van der Waals surface area (Å²) in [7, 11) is 0. The molecule has 2 N–H and O–H groups in total. The summed E-state index contributed by atoms with van der Waals surface area (Å²) in [5, 5.41) is 3.43. The number of aromatic nitrogens is 2. The number of halogens is 1. The summed E-state index contributed by atoms with van der Waals surface area (Å²) in [4.78, 5) is 34.8. The van der Waals surface area contributed by atoms with E-state index in [1.54, 1.807) is 12.1 Å². The second kappa shape index (κ2) is 9.89. The maximum Gasteiger partial charge on any atom is 0.256 e. The molecule has 0 radical (unpaired) electrons. The van der Waals surface area contributed by atoms with Gasteiger partial charge in [-0.05, 0) is 49.6 Å². The third-order valence-electron chi connectivity index (χ3n) is 5.73. The number of aromatic amines is 1. The number of carbonyl (C=O) groups excluding carboxylic acids is 1. The fraction of sp³-hybridized carbons (Fsp3) is 0.320. The molecule has 8 heteroatoms. The van der Waals surface area contributed by atoms with Crippen molar-refractivity contribution < 1.29 is 9.18 Å². The number of H-pyrrole nitrogens is 1. The number of aryl methyl sites for hydroxylation is 3. The molecule has 33 heavy (non-hydrogen) atoms. The van der Waals surface area contributed by atoms with Gasteiger partial charge in [0.1, 0.15) is 5.82 Å². The molecule has 0 spiro atoms. The number of hydrogen-bond donors (Lipinski definition) is 2. The van der Waals surface area contributed by atoms with E-state index in [0.717, 1.165) is 40.2 Å². The Hall–Kier alpha value is -2.97. The Morgan fingerprint density at radius 2 is 1.88 bits per heavy atom. The predicted octanol–water partition coefficient (Wildman–Crippen LogP) is 4.12. The van der Waals surface area contributed by atoms with Crippen molar-refractivity contribution in [1.82, 2.24) is 14.9 Å². The van der Waals surface area contributed by atoms with Gasteiger partial charge in [0.15, 0.2) is 5.16 Å². The number of amides is 1. The predicted molar refractivity (Wildman–Crippen MR) is 129 cm³/mol. The van der Waals surface area contributed by atoms with E-state index in [-0.39, 0.29) is 23.0 Å². The van der Waals surface area contributed by atoms with Gasteiger partial charge in [0.2, 0.25) is 5.91 Å². The molecule has 2 aromatic carbocycles. The van der Waals surface area contributed by atoms with Gasteiger partial charge in [-0.15, -0.1) is 0 Å². The number of rotatable bonds is 6. The van der Waals surface area contributed by atoms with Gasteiger partial charge in [-0.1, -0.05) is 41.6 Å². The summed E-state index contributed by atoms with van der Waals surface area (Å²) in [6.45, 7) is 7.88. The van der Waals surface area contributed by atoms with Crippen LogP contribution in [0.5, 0.6) is 0 Å². The van der Waals surface area contributed by atoms with Crippen LogP contribution in [-0.4, -0.2) is 33.1 Å². The molecule has 0 unspecified atom stereocenters. The maximum absolute atomic E-state index is 13.1. The average molecular weight is 467 g/mol. The van der Waals surface area contributed by atoms with Crippen LogP contribution in [-0.2, 0) is 24.3 Å². The number of carbonyl (C=O) groups is 1. The first kappa shape index (κ1) is 23.2. The normalized spacial score (nSPS) is 13.6. The third kappa shape index (κ3) is 5.69. The average Bonchev–Trinajstić information content (AvgIpc) is 2.77. The molecule has 2 heterocycles. The largest absolute Gasteiger partial charge is 0.325 e. The smallest absolute Gasteiger partial charge is 0.256 e. The van der Waals surface area contributed by atoms with Crippen LogP contribution in [0.1, 0.15) is 33.5 Å². The van der Waals surface area contributed by atoms with E-state index in [0.29, 0.717) is 30.2 Å². The Labute approximate surface area is 196 Å². The number of nitrogens with zero attached hydrogens (tertiary/aromatic N) is 2. The second-order valence-electron chi connectivity index (χ2n) is 8.49. The van der Waals surface area contributed by atoms with E-state index in [2.05, 4.69) is 20.2 Å². The Morgan fingerprint density at radius 1 is 1.18 bits per heavy atom. The molecule has 4 rings (SSSR count). The lowest BCUT2D eigenvalue weighted by atomic mass is 10.1. The molecule has 1 aliphatic heterocycles. The van der Waals surface area contributed by atoms with Gasteiger partial charge in [0, 0.05) is 31.7 Å². The zero-order valence-electron chi connectivity index (χ0n) is 19.0. The SMILES string of the molecule is Cc1cc(C)c(NC(=O)CSc2nc3c(c(=O)[nH]2)CN(Cc2ccc(F)cc2)CC3)c(C)c1. The van der Waals surface area contributed by atoms with Gasteiger partial charge < -0.3 is 10.3 Å². The number of hydrogen-bond acceptors (Lipinski definition) is 5. The molecule has 0 saturated heterocycles. The molecule has 1 amide bonds. The van der Waals surface area contributed by atoms with Crippen LogP contribution in [0.4, 0.5) is 10.1 Å². The first-order valence-corrected chi connectivity index (χ1v) is 11.9. The highest BCUT2D eigenvalue weighted by Gasteiger charge is 2.22. The van der Waals surface area contributed by atoms with Gasteiger partial charge >= 0.3 is 0 Å². The summed E-state index contributed by atoms with van der Waals surface area (Å²) in [5.41, 5.74) is 6.31. The van der Waals surface area contributed by atoms with Crippen molar-refractivity contribution in [3.8, 4) is 0 Å². The van der Waals surface area contributed by atoms with E-state index in [1.165, 1.54) is 23.9 Å². The zero-order valence-corrected chi connectivity index (χ0v) is 19.8. The summed E-state index contributed by atoms with van der Waals surface area (Å²) in [5.74, 6) is -0.238. The molecule has 0 fully saturated rings. The van der Waals surface area contributed by atoms with Crippen molar-refractivity contribution in [2.45, 2.75) is 45.4 Å². The Morgan fingerprint density at radius 3 is 2.58 bits per heavy atom. The summed E-state index contributed by atoms with van der Waals surface area (Å²) in [6, 6.07) is 10.5. The molecule has 0 atom stereocenters. The van der Waals surface area contributed by atoms with Crippen molar-refractivity contribution in [2.75, 3.05) is 17.6 Å². The van der Waals surface area contributed by atoms with Gasteiger partial charge in [0.05, 0.1) is 17.0 Å². The van der Waals surface area contributed by atoms with Crippen molar-refractivity contribution in [3.05, 3.63) is 86.1 Å². The van der Waals surface area contributed by atoms with Crippen LogP contribution in [0.25, 0.3) is 0 Å². The zero-order chi connectivity index (χ0) is 23.5. The molecule has 3 aromatic rings. The monoisotopic (exact) mass is 466 g/mol. The van der Waals surface area contributed by atoms with Crippen LogP contribution >= 0.6 is 11.8 Å². The van der Waals surface area contributed by atoms with Crippen LogP contribution < -0.4 is 10.9 Å². The highest BCUT2D eigenvalue weighted by atomic mass is 32.2. The topological polar surface area (TPSA) is 78.1 Å². The number of fused-ring (bicyclic) bond motifs is 1. The number of nitrogens with one attached hydrogen (secondary N) is 2. The van der Waals surface area contributed by atoms with Crippen LogP contribution in [0, 0.1) is 26.6 Å². The number of anilines is 1. The molecule has 0 aliphatic carbocycles. The Balaban J connectivity index is 1.38. The van der Waals surface area contributed by atoms with E-state index >= 15 is 0 Å². The molecule has 0 bridgehead atoms. The van der Waals surface area contributed by atoms with Crippen molar-refractivity contribution in [3.63, 3.8) is 0 Å². The Kier molecular flexibility index (Phi) is 6.95. The third-order valence-corrected chi connectivity index (χ3v) is 6.60. The molecule has 0 saturated carbocycles. The van der Waals surface area contributed by atoms with E-state index in [4.69, 9.17) is 0 Å². The molecule has 1 aromatic heterocycles. The number of benzene rings is 2. The highest BCUT2D eigenvalue weighted by molar-refractivity contribution is 7.99. The standard InChI is InChI=1S/C25H27FN4O2S/c1-15-10-16(2)23(17(3)11-15)28-22(31)14-33-25-27-21-8-9-30(13-20(21)24(32)29-25)12-18-4-6-19(26)7-5-18/h4-7,10-11H,8-9,12-14H2,1-3H3,(H,28,31)(H,27,29,32). The molecule has 1 aliphatic rings.